The zero-order valence-corrected chi connectivity index (χ0v) is 16.9. The van der Waals surface area contributed by atoms with E-state index in [4.69, 9.17) is 10.00 Å². The van der Waals surface area contributed by atoms with Gasteiger partial charge in [-0.1, -0.05) is 30.3 Å². The van der Waals surface area contributed by atoms with Gasteiger partial charge in [0.25, 0.3) is 5.91 Å². The Morgan fingerprint density at radius 3 is 2.65 bits per heavy atom. The lowest BCUT2D eigenvalue weighted by atomic mass is 10.1. The Labute approximate surface area is 178 Å². The van der Waals surface area contributed by atoms with E-state index in [-0.39, 0.29) is 43.4 Å². The lowest BCUT2D eigenvalue weighted by Crippen LogP contribution is -2.29. The van der Waals surface area contributed by atoms with Crippen LogP contribution in [0, 0.1) is 11.3 Å². The van der Waals surface area contributed by atoms with Gasteiger partial charge in [-0.15, -0.1) is 10.2 Å². The van der Waals surface area contributed by atoms with E-state index in [0.29, 0.717) is 16.7 Å². The molecule has 0 bridgehead atoms. The van der Waals surface area contributed by atoms with Crippen molar-refractivity contribution in [3.63, 3.8) is 0 Å². The standard InChI is InChI=1S/C22H21N5O4/c1-31-16-9-7-15(8-10-16)13-19(28)24-14-20(29)25-26-21-17-5-2-3-6-18(17)27(22(21)30)12-4-11-23/h2-3,5-10,30H,4,12-14H2,1H3,(H,24,28). The number of nitrogens with zero attached hydrogens (tertiary/aromatic N) is 4. The molecule has 0 atom stereocenters. The molecular weight excluding hydrogens is 398 g/mol. The number of amides is 2. The van der Waals surface area contributed by atoms with Crippen molar-refractivity contribution in [2.45, 2.75) is 19.4 Å². The molecule has 9 nitrogen and oxygen atoms in total. The number of nitrogens with one attached hydrogen (secondary N) is 1. The summed E-state index contributed by atoms with van der Waals surface area (Å²) in [5, 5.41) is 29.9. The predicted molar refractivity (Wildman–Crippen MR) is 113 cm³/mol. The summed E-state index contributed by atoms with van der Waals surface area (Å²) in [4.78, 5) is 24.1. The van der Waals surface area contributed by atoms with Gasteiger partial charge in [-0.3, -0.25) is 9.59 Å². The molecule has 3 rings (SSSR count). The lowest BCUT2D eigenvalue weighted by molar-refractivity contribution is -0.124. The number of carbonyl (C=O) groups is 2. The molecule has 2 amide bonds. The van der Waals surface area contributed by atoms with Crippen LogP contribution >= 0.6 is 0 Å². The molecular formula is C22H21N5O4. The van der Waals surface area contributed by atoms with Gasteiger partial charge in [-0.25, -0.2) is 0 Å². The minimum absolute atomic E-state index is 0.113. The van der Waals surface area contributed by atoms with Gasteiger partial charge in [0.15, 0.2) is 5.69 Å². The van der Waals surface area contributed by atoms with Gasteiger partial charge in [-0.05, 0) is 23.8 Å². The molecule has 2 N–H and O–H groups in total. The molecule has 1 aromatic heterocycles. The summed E-state index contributed by atoms with van der Waals surface area (Å²) < 4.78 is 6.62. The maximum atomic E-state index is 12.1. The first-order valence-corrected chi connectivity index (χ1v) is 9.54. The molecule has 0 aliphatic carbocycles. The van der Waals surface area contributed by atoms with Crippen molar-refractivity contribution < 1.29 is 19.4 Å². The first-order chi connectivity index (χ1) is 15.0. The molecule has 2 aromatic carbocycles. The molecule has 0 unspecified atom stereocenters. The van der Waals surface area contributed by atoms with Crippen LogP contribution < -0.4 is 10.1 Å². The summed E-state index contributed by atoms with van der Waals surface area (Å²) in [5.74, 6) is -0.463. The molecule has 0 radical (unpaired) electrons. The second-order valence-corrected chi connectivity index (χ2v) is 6.64. The number of azo groups is 1. The van der Waals surface area contributed by atoms with E-state index < -0.39 is 5.91 Å². The number of para-hydroxylation sites is 1. The van der Waals surface area contributed by atoms with Gasteiger partial charge >= 0.3 is 0 Å². The van der Waals surface area contributed by atoms with Gasteiger partial charge in [0, 0.05) is 11.9 Å². The molecule has 0 saturated carbocycles. The number of carbonyl (C=O) groups excluding carboxylic acids is 2. The van der Waals surface area contributed by atoms with Crippen molar-refractivity contribution in [1.29, 1.82) is 5.26 Å². The predicted octanol–water partition coefficient (Wildman–Crippen LogP) is 3.24. The number of aryl methyl sites for hydroxylation is 1. The highest BCUT2D eigenvalue weighted by molar-refractivity contribution is 5.95. The average Bonchev–Trinajstić information content (AvgIpc) is 3.06. The van der Waals surface area contributed by atoms with Gasteiger partial charge in [0.05, 0.1) is 31.5 Å². The zero-order valence-electron chi connectivity index (χ0n) is 16.9. The summed E-state index contributed by atoms with van der Waals surface area (Å²) in [7, 11) is 1.56. The highest BCUT2D eigenvalue weighted by atomic mass is 16.5. The fraction of sp³-hybridized carbons (Fsp3) is 0.227. The monoisotopic (exact) mass is 419 g/mol. The van der Waals surface area contributed by atoms with Gasteiger partial charge in [0.1, 0.15) is 12.3 Å². The third kappa shape index (κ3) is 5.25. The molecule has 31 heavy (non-hydrogen) atoms. The molecule has 0 fully saturated rings. The van der Waals surface area contributed by atoms with Crippen molar-refractivity contribution in [3.05, 3.63) is 54.1 Å². The Morgan fingerprint density at radius 2 is 1.94 bits per heavy atom. The van der Waals surface area contributed by atoms with E-state index in [0.717, 1.165) is 5.56 Å². The largest absolute Gasteiger partial charge is 0.497 e. The van der Waals surface area contributed by atoms with Gasteiger partial charge < -0.3 is 19.7 Å². The van der Waals surface area contributed by atoms with Crippen molar-refractivity contribution in [2.75, 3.05) is 13.7 Å². The van der Waals surface area contributed by atoms with Crippen molar-refractivity contribution in [3.8, 4) is 17.7 Å². The topological polar surface area (TPSA) is 129 Å². The summed E-state index contributed by atoms with van der Waals surface area (Å²) in [6.07, 6.45) is 0.323. The fourth-order valence-electron chi connectivity index (χ4n) is 3.06. The minimum Gasteiger partial charge on any atom is -0.497 e. The number of benzene rings is 2. The number of aromatic hydroxyl groups is 1. The molecule has 9 heteroatoms. The number of fused-ring (bicyclic) bond motifs is 1. The minimum atomic E-state index is -0.656. The Hall–Kier alpha value is -4.19. The normalized spacial score (nSPS) is 10.8. The number of methoxy groups -OCH3 is 1. The SMILES string of the molecule is COc1ccc(CC(=O)NCC(=O)N=Nc2c(O)n(CCC#N)c3ccccc23)cc1. The summed E-state index contributed by atoms with van der Waals surface area (Å²) in [6, 6.07) is 16.2. The second-order valence-electron chi connectivity index (χ2n) is 6.64. The molecule has 0 aliphatic heterocycles. The maximum Gasteiger partial charge on any atom is 0.283 e. The third-order valence-electron chi connectivity index (χ3n) is 4.59. The Morgan fingerprint density at radius 1 is 1.19 bits per heavy atom. The Bertz CT molecular complexity index is 1160. The maximum absolute atomic E-state index is 12.1. The van der Waals surface area contributed by atoms with Gasteiger partial charge in [-0.2, -0.15) is 5.26 Å². The highest BCUT2D eigenvalue weighted by Crippen LogP contribution is 2.38. The van der Waals surface area contributed by atoms with Crippen molar-refractivity contribution in [2.24, 2.45) is 10.2 Å². The zero-order chi connectivity index (χ0) is 22.2. The average molecular weight is 419 g/mol. The third-order valence-corrected chi connectivity index (χ3v) is 4.59. The number of hydrogen-bond donors (Lipinski definition) is 2. The van der Waals surface area contributed by atoms with Crippen molar-refractivity contribution in [1.82, 2.24) is 9.88 Å². The highest BCUT2D eigenvalue weighted by Gasteiger charge is 2.16. The van der Waals surface area contributed by atoms with Crippen LogP contribution in [0.15, 0.2) is 58.8 Å². The van der Waals surface area contributed by atoms with E-state index in [2.05, 4.69) is 15.5 Å². The summed E-state index contributed by atoms with van der Waals surface area (Å²) in [5.41, 5.74) is 1.61. The molecule has 0 spiro atoms. The molecule has 0 saturated heterocycles. The van der Waals surface area contributed by atoms with Crippen molar-refractivity contribution >= 4 is 28.4 Å². The van der Waals surface area contributed by atoms with Crippen LogP contribution in [0.4, 0.5) is 5.69 Å². The fourth-order valence-corrected chi connectivity index (χ4v) is 3.06. The number of rotatable bonds is 8. The molecule has 1 heterocycles. The molecule has 158 valence electrons. The lowest BCUT2D eigenvalue weighted by Gasteiger charge is -2.04. The first kappa shape index (κ1) is 21.5. The van der Waals surface area contributed by atoms with Crippen LogP contribution in [0.5, 0.6) is 11.6 Å². The molecule has 3 aromatic rings. The van der Waals surface area contributed by atoms with Crippen LogP contribution in [0.25, 0.3) is 10.9 Å². The van der Waals surface area contributed by atoms with Crippen LogP contribution in [0.2, 0.25) is 0 Å². The van der Waals surface area contributed by atoms with Crippen LogP contribution in [0.3, 0.4) is 0 Å². The number of ether oxygens (including phenoxy) is 1. The van der Waals surface area contributed by atoms with Crippen LogP contribution in [-0.4, -0.2) is 35.1 Å². The quantitative estimate of drug-likeness (QED) is 0.542. The van der Waals surface area contributed by atoms with E-state index in [1.54, 1.807) is 60.2 Å². The van der Waals surface area contributed by atoms with Crippen LogP contribution in [-0.2, 0) is 22.6 Å². The van der Waals surface area contributed by atoms with E-state index in [1.807, 2.05) is 6.07 Å². The summed E-state index contributed by atoms with van der Waals surface area (Å²) in [6.45, 7) is -0.0277. The number of nitriles is 1. The van der Waals surface area contributed by atoms with E-state index >= 15 is 0 Å². The first-order valence-electron chi connectivity index (χ1n) is 9.54. The second kappa shape index (κ2) is 10.0. The summed E-state index contributed by atoms with van der Waals surface area (Å²) >= 11 is 0. The number of hydrogen-bond acceptors (Lipinski definition) is 6. The van der Waals surface area contributed by atoms with E-state index in [1.165, 1.54) is 0 Å². The number of aromatic nitrogens is 1. The Balaban J connectivity index is 1.63. The van der Waals surface area contributed by atoms with Crippen LogP contribution in [0.1, 0.15) is 12.0 Å². The van der Waals surface area contributed by atoms with E-state index in [9.17, 15) is 14.7 Å². The smallest absolute Gasteiger partial charge is 0.283 e. The molecule has 0 aliphatic rings. The van der Waals surface area contributed by atoms with Gasteiger partial charge in [0.2, 0.25) is 11.8 Å². The Kier molecular flexibility index (Phi) is 6.96.